The van der Waals surface area contributed by atoms with Crippen LogP contribution in [0.3, 0.4) is 0 Å². The molecule has 0 saturated carbocycles. The summed E-state index contributed by atoms with van der Waals surface area (Å²) in [5.41, 5.74) is -0.458. The number of rotatable bonds is 3. The van der Waals surface area contributed by atoms with Gasteiger partial charge in [0.1, 0.15) is 5.75 Å². The lowest BCUT2D eigenvalue weighted by molar-refractivity contribution is -0.360. The van der Waals surface area contributed by atoms with E-state index < -0.39 is 29.6 Å². The fourth-order valence-corrected chi connectivity index (χ4v) is 0.898. The minimum Gasteiger partial charge on any atom is -0.478 e. The van der Waals surface area contributed by atoms with Crippen molar-refractivity contribution in [3.63, 3.8) is 0 Å². The van der Waals surface area contributed by atoms with Crippen molar-refractivity contribution in [1.29, 1.82) is 0 Å². The summed E-state index contributed by atoms with van der Waals surface area (Å²) < 4.78 is 63.7. The third-order valence-corrected chi connectivity index (χ3v) is 1.66. The van der Waals surface area contributed by atoms with Crippen molar-refractivity contribution in [3.05, 3.63) is 29.8 Å². The van der Waals surface area contributed by atoms with Crippen LogP contribution in [0.5, 0.6) is 5.75 Å². The SMILES string of the molecule is O=C(O)c1cccc(OC(F)(F)C(F)(F)F)c1. The molecule has 0 aliphatic carbocycles. The highest BCUT2D eigenvalue weighted by Crippen LogP contribution is 2.37. The number of ether oxygens (including phenoxy) is 1. The molecule has 0 radical (unpaired) electrons. The Morgan fingerprint density at radius 1 is 1.18 bits per heavy atom. The quantitative estimate of drug-likeness (QED) is 0.846. The molecule has 0 heterocycles. The molecule has 0 amide bonds. The van der Waals surface area contributed by atoms with Gasteiger partial charge in [0.25, 0.3) is 0 Å². The third kappa shape index (κ3) is 3.05. The molecule has 0 atom stereocenters. The van der Waals surface area contributed by atoms with Gasteiger partial charge in [-0.1, -0.05) is 6.07 Å². The van der Waals surface area contributed by atoms with Crippen molar-refractivity contribution >= 4 is 5.97 Å². The van der Waals surface area contributed by atoms with E-state index in [1.54, 1.807) is 0 Å². The van der Waals surface area contributed by atoms with Crippen LogP contribution in [0.4, 0.5) is 22.0 Å². The maximum Gasteiger partial charge on any atom is 0.499 e. The molecule has 0 aromatic heterocycles. The van der Waals surface area contributed by atoms with E-state index in [2.05, 4.69) is 4.74 Å². The van der Waals surface area contributed by atoms with Gasteiger partial charge in [-0.3, -0.25) is 0 Å². The number of hydrogen-bond donors (Lipinski definition) is 1. The van der Waals surface area contributed by atoms with Crippen LogP contribution in [-0.2, 0) is 0 Å². The highest BCUT2D eigenvalue weighted by Gasteiger charge is 2.61. The van der Waals surface area contributed by atoms with Gasteiger partial charge in [0.05, 0.1) is 5.56 Å². The summed E-state index contributed by atoms with van der Waals surface area (Å²) in [7, 11) is 0. The van der Waals surface area contributed by atoms with Crippen LogP contribution in [0.15, 0.2) is 24.3 Å². The number of alkyl halides is 5. The molecule has 17 heavy (non-hydrogen) atoms. The Labute approximate surface area is 91.4 Å². The Kier molecular flexibility index (Phi) is 3.25. The van der Waals surface area contributed by atoms with Gasteiger partial charge in [-0.2, -0.15) is 22.0 Å². The first-order valence-corrected chi connectivity index (χ1v) is 4.10. The summed E-state index contributed by atoms with van der Waals surface area (Å²) in [6.45, 7) is 0. The van der Waals surface area contributed by atoms with Crippen molar-refractivity contribution in [2.45, 2.75) is 12.3 Å². The summed E-state index contributed by atoms with van der Waals surface area (Å²) in [5.74, 6) is -2.35. The largest absolute Gasteiger partial charge is 0.499 e. The number of benzene rings is 1. The van der Waals surface area contributed by atoms with E-state index in [9.17, 15) is 26.7 Å². The molecule has 0 aliphatic heterocycles. The minimum absolute atomic E-state index is 0.458. The summed E-state index contributed by atoms with van der Waals surface area (Å²) in [6, 6.07) is 3.39. The molecule has 0 bridgehead atoms. The van der Waals surface area contributed by atoms with Crippen LogP contribution in [0.2, 0.25) is 0 Å². The summed E-state index contributed by atoms with van der Waals surface area (Å²) in [4.78, 5) is 10.5. The summed E-state index contributed by atoms with van der Waals surface area (Å²) in [5, 5.41) is 8.50. The van der Waals surface area contributed by atoms with Crippen LogP contribution in [0, 0.1) is 0 Å². The first kappa shape index (κ1) is 13.2. The predicted molar refractivity (Wildman–Crippen MR) is 45.0 cm³/mol. The van der Waals surface area contributed by atoms with Gasteiger partial charge >= 0.3 is 18.3 Å². The molecule has 0 spiro atoms. The minimum atomic E-state index is -5.87. The molecule has 1 rings (SSSR count). The van der Waals surface area contributed by atoms with Gasteiger partial charge in [0.2, 0.25) is 0 Å². The Balaban J connectivity index is 2.96. The standard InChI is InChI=1S/C9H5F5O3/c10-8(11,12)9(13,14)17-6-3-1-2-5(4-6)7(15)16/h1-4H,(H,15,16). The Bertz CT molecular complexity index is 427. The second-order valence-electron chi connectivity index (χ2n) is 2.95. The fraction of sp³-hybridized carbons (Fsp3) is 0.222. The van der Waals surface area contributed by atoms with Crippen molar-refractivity contribution < 1.29 is 36.6 Å². The van der Waals surface area contributed by atoms with Crippen LogP contribution < -0.4 is 4.74 Å². The first-order valence-electron chi connectivity index (χ1n) is 4.10. The second kappa shape index (κ2) is 4.19. The molecule has 8 heteroatoms. The summed E-state index contributed by atoms with van der Waals surface area (Å²) in [6.07, 6.45) is -11.2. The second-order valence-corrected chi connectivity index (χ2v) is 2.95. The van der Waals surface area contributed by atoms with Crippen molar-refractivity contribution in [2.24, 2.45) is 0 Å². The maximum absolute atomic E-state index is 12.5. The van der Waals surface area contributed by atoms with E-state index in [1.807, 2.05) is 0 Å². The number of carboxylic acid groups (broad SMARTS) is 1. The lowest BCUT2D eigenvalue weighted by Gasteiger charge is -2.20. The topological polar surface area (TPSA) is 46.5 Å². The Hall–Kier alpha value is -1.86. The zero-order chi connectivity index (χ0) is 13.3. The van der Waals surface area contributed by atoms with Crippen molar-refractivity contribution in [2.75, 3.05) is 0 Å². The molecule has 0 aliphatic rings. The molecule has 1 N–H and O–H groups in total. The number of carboxylic acids is 1. The van der Waals surface area contributed by atoms with E-state index >= 15 is 0 Å². The van der Waals surface area contributed by atoms with E-state index in [4.69, 9.17) is 5.11 Å². The van der Waals surface area contributed by atoms with Crippen LogP contribution in [0.25, 0.3) is 0 Å². The number of halogens is 5. The zero-order valence-electron chi connectivity index (χ0n) is 7.96. The van der Waals surface area contributed by atoms with Crippen LogP contribution in [-0.4, -0.2) is 23.4 Å². The van der Waals surface area contributed by atoms with Crippen LogP contribution >= 0.6 is 0 Å². The predicted octanol–water partition coefficient (Wildman–Crippen LogP) is 2.92. The molecule has 0 saturated heterocycles. The average molecular weight is 256 g/mol. The highest BCUT2D eigenvalue weighted by atomic mass is 19.4. The number of aromatic carboxylic acids is 1. The zero-order valence-corrected chi connectivity index (χ0v) is 7.96. The monoisotopic (exact) mass is 256 g/mol. The van der Waals surface area contributed by atoms with Gasteiger partial charge in [-0.25, -0.2) is 4.79 Å². The molecule has 1 aromatic rings. The average Bonchev–Trinajstić information content (AvgIpc) is 2.15. The van der Waals surface area contributed by atoms with Gasteiger partial charge in [0.15, 0.2) is 0 Å². The molecule has 94 valence electrons. The van der Waals surface area contributed by atoms with Crippen molar-refractivity contribution in [1.82, 2.24) is 0 Å². The van der Waals surface area contributed by atoms with Gasteiger partial charge in [-0.05, 0) is 18.2 Å². The smallest absolute Gasteiger partial charge is 0.478 e. The Morgan fingerprint density at radius 2 is 1.76 bits per heavy atom. The van der Waals surface area contributed by atoms with Gasteiger partial charge in [0, 0.05) is 0 Å². The molecular formula is C9H5F5O3. The normalized spacial score (nSPS) is 12.3. The number of carbonyl (C=O) groups is 1. The maximum atomic E-state index is 12.5. The lowest BCUT2D eigenvalue weighted by Crippen LogP contribution is -2.41. The Morgan fingerprint density at radius 3 is 2.24 bits per heavy atom. The number of hydrogen-bond acceptors (Lipinski definition) is 2. The molecule has 1 aromatic carbocycles. The molecular weight excluding hydrogens is 251 g/mol. The molecule has 0 fully saturated rings. The molecule has 3 nitrogen and oxygen atoms in total. The first-order chi connectivity index (χ1) is 7.63. The van der Waals surface area contributed by atoms with Crippen LogP contribution in [0.1, 0.15) is 10.4 Å². The molecule has 0 unspecified atom stereocenters. The third-order valence-electron chi connectivity index (χ3n) is 1.66. The van der Waals surface area contributed by atoms with E-state index in [1.165, 1.54) is 0 Å². The van der Waals surface area contributed by atoms with E-state index in [0.717, 1.165) is 18.2 Å². The van der Waals surface area contributed by atoms with E-state index in [-0.39, 0.29) is 0 Å². The van der Waals surface area contributed by atoms with E-state index in [0.29, 0.717) is 6.07 Å². The van der Waals surface area contributed by atoms with Gasteiger partial charge < -0.3 is 9.84 Å². The van der Waals surface area contributed by atoms with Gasteiger partial charge in [-0.15, -0.1) is 0 Å². The van der Waals surface area contributed by atoms with Crippen molar-refractivity contribution in [3.8, 4) is 5.75 Å². The highest BCUT2D eigenvalue weighted by molar-refractivity contribution is 5.87. The lowest BCUT2D eigenvalue weighted by atomic mass is 10.2. The summed E-state index contributed by atoms with van der Waals surface area (Å²) >= 11 is 0. The fourth-order valence-electron chi connectivity index (χ4n) is 0.898.